The molecular formula is C23H27ClN4O3. The molecule has 1 aromatic heterocycles. The molecule has 7 nitrogen and oxygen atoms in total. The van der Waals surface area contributed by atoms with Gasteiger partial charge in [-0.3, -0.25) is 19.4 Å². The van der Waals surface area contributed by atoms with Crippen molar-refractivity contribution >= 4 is 35.0 Å². The maximum absolute atomic E-state index is 12.6. The van der Waals surface area contributed by atoms with Crippen molar-refractivity contribution in [3.63, 3.8) is 0 Å². The second-order valence-electron chi connectivity index (χ2n) is 7.94. The van der Waals surface area contributed by atoms with Crippen molar-refractivity contribution in [2.45, 2.75) is 33.2 Å². The molecule has 0 bridgehead atoms. The molecule has 3 rings (SSSR count). The van der Waals surface area contributed by atoms with E-state index in [9.17, 15) is 14.4 Å². The number of amides is 3. The molecule has 3 amide bonds. The van der Waals surface area contributed by atoms with Crippen LogP contribution >= 0.6 is 11.6 Å². The SMILES string of the molecule is CC(C)C(=O)N1CCC(C(=O)Nc2ccc(C(=O)NCc3ccccn3)c(Cl)c2)CC1. The summed E-state index contributed by atoms with van der Waals surface area (Å²) in [4.78, 5) is 43.1. The molecule has 1 aliphatic rings. The number of hydrogen-bond acceptors (Lipinski definition) is 4. The number of carbonyl (C=O) groups excluding carboxylic acids is 3. The first-order valence-corrected chi connectivity index (χ1v) is 10.8. The fourth-order valence-corrected chi connectivity index (χ4v) is 3.78. The van der Waals surface area contributed by atoms with Crippen LogP contribution in [0.25, 0.3) is 0 Å². The van der Waals surface area contributed by atoms with Crippen molar-refractivity contribution in [2.24, 2.45) is 11.8 Å². The molecule has 2 aromatic rings. The normalized spacial score (nSPS) is 14.4. The van der Waals surface area contributed by atoms with E-state index >= 15 is 0 Å². The third-order valence-corrected chi connectivity index (χ3v) is 5.62. The molecule has 1 aromatic carbocycles. The lowest BCUT2D eigenvalue weighted by Gasteiger charge is -2.32. The fraction of sp³-hybridized carbons (Fsp3) is 0.391. The van der Waals surface area contributed by atoms with Gasteiger partial charge in [0.25, 0.3) is 5.91 Å². The highest BCUT2D eigenvalue weighted by Crippen LogP contribution is 2.24. The van der Waals surface area contributed by atoms with E-state index in [2.05, 4.69) is 15.6 Å². The van der Waals surface area contributed by atoms with Crippen LogP contribution in [0.4, 0.5) is 5.69 Å². The molecule has 0 radical (unpaired) electrons. The molecule has 2 N–H and O–H groups in total. The van der Waals surface area contributed by atoms with Gasteiger partial charge < -0.3 is 15.5 Å². The number of nitrogens with one attached hydrogen (secondary N) is 2. The van der Waals surface area contributed by atoms with Gasteiger partial charge in [-0.1, -0.05) is 31.5 Å². The Morgan fingerprint density at radius 2 is 1.90 bits per heavy atom. The number of likely N-dealkylation sites (tertiary alicyclic amines) is 1. The lowest BCUT2D eigenvalue weighted by Crippen LogP contribution is -2.43. The van der Waals surface area contributed by atoms with E-state index in [1.807, 2.05) is 36.9 Å². The van der Waals surface area contributed by atoms with Gasteiger partial charge in [-0.05, 0) is 43.2 Å². The smallest absolute Gasteiger partial charge is 0.253 e. The maximum Gasteiger partial charge on any atom is 0.253 e. The van der Waals surface area contributed by atoms with E-state index in [1.165, 1.54) is 0 Å². The number of aromatic nitrogens is 1. The van der Waals surface area contributed by atoms with E-state index in [1.54, 1.807) is 24.4 Å². The van der Waals surface area contributed by atoms with Crippen LogP contribution in [0.3, 0.4) is 0 Å². The van der Waals surface area contributed by atoms with Crippen LogP contribution in [-0.4, -0.2) is 40.7 Å². The van der Waals surface area contributed by atoms with Gasteiger partial charge >= 0.3 is 0 Å². The minimum absolute atomic E-state index is 0.0350. The highest BCUT2D eigenvalue weighted by atomic mass is 35.5. The average Bonchev–Trinajstić information content (AvgIpc) is 2.77. The molecule has 1 fully saturated rings. The minimum atomic E-state index is -0.310. The number of benzene rings is 1. The molecule has 0 atom stereocenters. The second kappa shape index (κ2) is 10.4. The van der Waals surface area contributed by atoms with E-state index in [0.717, 1.165) is 5.69 Å². The number of halogens is 1. The predicted molar refractivity (Wildman–Crippen MR) is 120 cm³/mol. The molecule has 2 heterocycles. The third kappa shape index (κ3) is 6.04. The first-order chi connectivity index (χ1) is 14.8. The Hall–Kier alpha value is -2.93. The Morgan fingerprint density at radius 3 is 2.52 bits per heavy atom. The molecule has 0 saturated carbocycles. The van der Waals surface area contributed by atoms with Crippen LogP contribution in [-0.2, 0) is 16.1 Å². The Bertz CT molecular complexity index is 941. The molecule has 31 heavy (non-hydrogen) atoms. The highest BCUT2D eigenvalue weighted by molar-refractivity contribution is 6.34. The molecule has 0 unspecified atom stereocenters. The van der Waals surface area contributed by atoms with Crippen molar-refractivity contribution in [3.05, 3.63) is 58.9 Å². The summed E-state index contributed by atoms with van der Waals surface area (Å²) in [7, 11) is 0. The molecule has 164 valence electrons. The Balaban J connectivity index is 1.53. The monoisotopic (exact) mass is 442 g/mol. The molecule has 1 aliphatic heterocycles. The number of carbonyl (C=O) groups is 3. The zero-order chi connectivity index (χ0) is 22.4. The number of pyridine rings is 1. The van der Waals surface area contributed by atoms with E-state index in [0.29, 0.717) is 43.7 Å². The van der Waals surface area contributed by atoms with Gasteiger partial charge in [-0.2, -0.15) is 0 Å². The first-order valence-electron chi connectivity index (χ1n) is 10.4. The van der Waals surface area contributed by atoms with Gasteiger partial charge in [0.15, 0.2) is 0 Å². The topological polar surface area (TPSA) is 91.4 Å². The van der Waals surface area contributed by atoms with Crippen LogP contribution in [0.5, 0.6) is 0 Å². The third-order valence-electron chi connectivity index (χ3n) is 5.31. The summed E-state index contributed by atoms with van der Waals surface area (Å²) in [5.74, 6) is -0.470. The summed E-state index contributed by atoms with van der Waals surface area (Å²) >= 11 is 6.29. The summed E-state index contributed by atoms with van der Waals surface area (Å²) in [6.07, 6.45) is 2.93. The van der Waals surface area contributed by atoms with Crippen LogP contribution < -0.4 is 10.6 Å². The van der Waals surface area contributed by atoms with Crippen molar-refractivity contribution in [2.75, 3.05) is 18.4 Å². The van der Waals surface area contributed by atoms with Crippen molar-refractivity contribution in [1.29, 1.82) is 0 Å². The number of anilines is 1. The van der Waals surface area contributed by atoms with Crippen LogP contribution in [0.15, 0.2) is 42.6 Å². The largest absolute Gasteiger partial charge is 0.346 e. The first kappa shape index (κ1) is 22.7. The molecule has 8 heteroatoms. The quantitative estimate of drug-likeness (QED) is 0.716. The van der Waals surface area contributed by atoms with Gasteiger partial charge in [0.05, 0.1) is 22.8 Å². The van der Waals surface area contributed by atoms with Crippen LogP contribution in [0.1, 0.15) is 42.7 Å². The number of hydrogen-bond donors (Lipinski definition) is 2. The van der Waals surface area contributed by atoms with Gasteiger partial charge in [0.1, 0.15) is 0 Å². The summed E-state index contributed by atoms with van der Waals surface area (Å²) in [6.45, 7) is 5.24. The zero-order valence-corrected chi connectivity index (χ0v) is 18.5. The number of rotatable bonds is 6. The fourth-order valence-electron chi connectivity index (χ4n) is 3.52. The standard InChI is InChI=1S/C23H27ClN4O3/c1-15(2)23(31)28-11-8-16(9-12-28)21(29)27-17-6-7-19(20(24)13-17)22(30)26-14-18-5-3-4-10-25-18/h3-7,10,13,15-16H,8-9,11-12,14H2,1-2H3,(H,26,30)(H,27,29). The predicted octanol–water partition coefficient (Wildman–Crippen LogP) is 3.50. The number of piperidine rings is 1. The van der Waals surface area contributed by atoms with Crippen molar-refractivity contribution in [1.82, 2.24) is 15.2 Å². The van der Waals surface area contributed by atoms with E-state index in [-0.39, 0.29) is 34.6 Å². The molecular weight excluding hydrogens is 416 g/mol. The Morgan fingerprint density at radius 1 is 1.16 bits per heavy atom. The number of nitrogens with zero attached hydrogens (tertiary/aromatic N) is 2. The molecule has 0 aliphatic carbocycles. The van der Waals surface area contributed by atoms with Crippen LogP contribution in [0.2, 0.25) is 5.02 Å². The maximum atomic E-state index is 12.6. The van der Waals surface area contributed by atoms with E-state index in [4.69, 9.17) is 11.6 Å². The highest BCUT2D eigenvalue weighted by Gasteiger charge is 2.28. The van der Waals surface area contributed by atoms with E-state index < -0.39 is 0 Å². The lowest BCUT2D eigenvalue weighted by atomic mass is 9.95. The van der Waals surface area contributed by atoms with Gasteiger partial charge in [-0.15, -0.1) is 0 Å². The Labute approximate surface area is 187 Å². The average molecular weight is 443 g/mol. The lowest BCUT2D eigenvalue weighted by molar-refractivity contribution is -0.137. The molecule has 0 spiro atoms. The Kier molecular flexibility index (Phi) is 7.63. The van der Waals surface area contributed by atoms with Crippen LogP contribution in [0, 0.1) is 11.8 Å². The van der Waals surface area contributed by atoms with Gasteiger partial charge in [0, 0.05) is 36.8 Å². The van der Waals surface area contributed by atoms with Crippen molar-refractivity contribution < 1.29 is 14.4 Å². The summed E-state index contributed by atoms with van der Waals surface area (Å²) in [6, 6.07) is 10.3. The van der Waals surface area contributed by atoms with Gasteiger partial charge in [-0.25, -0.2) is 0 Å². The molecule has 1 saturated heterocycles. The minimum Gasteiger partial charge on any atom is -0.346 e. The second-order valence-corrected chi connectivity index (χ2v) is 8.35. The summed E-state index contributed by atoms with van der Waals surface area (Å²) in [5.41, 5.74) is 1.62. The summed E-state index contributed by atoms with van der Waals surface area (Å²) < 4.78 is 0. The van der Waals surface area contributed by atoms with Gasteiger partial charge in [0.2, 0.25) is 11.8 Å². The summed E-state index contributed by atoms with van der Waals surface area (Å²) in [5, 5.41) is 5.92. The zero-order valence-electron chi connectivity index (χ0n) is 17.7. The van der Waals surface area contributed by atoms with Crippen molar-refractivity contribution in [3.8, 4) is 0 Å².